The number of nitrogens with zero attached hydrogens (tertiary/aromatic N) is 4. The normalized spacial score (nSPS) is 21.9. The lowest BCUT2D eigenvalue weighted by Crippen LogP contribution is -2.49. The Morgan fingerprint density at radius 2 is 1.82 bits per heavy atom. The molecule has 1 aromatic heterocycles. The molecule has 0 bridgehead atoms. The van der Waals surface area contributed by atoms with E-state index in [-0.39, 0.29) is 11.8 Å². The van der Waals surface area contributed by atoms with Crippen molar-refractivity contribution in [2.24, 2.45) is 0 Å². The summed E-state index contributed by atoms with van der Waals surface area (Å²) in [7, 11) is -3.35. The van der Waals surface area contributed by atoms with Gasteiger partial charge in [-0.1, -0.05) is 30.3 Å². The van der Waals surface area contributed by atoms with Gasteiger partial charge in [0, 0.05) is 31.1 Å². The van der Waals surface area contributed by atoms with Gasteiger partial charge in [-0.25, -0.2) is 13.4 Å². The Hall–Kier alpha value is -2.26. The molecule has 1 amide bonds. The van der Waals surface area contributed by atoms with Crippen LogP contribution in [0.15, 0.2) is 30.3 Å². The molecule has 3 heterocycles. The van der Waals surface area contributed by atoms with Crippen LogP contribution in [0, 0.1) is 0 Å². The van der Waals surface area contributed by atoms with Crippen molar-refractivity contribution < 1.29 is 13.2 Å². The molecule has 9 heteroatoms. The van der Waals surface area contributed by atoms with Crippen LogP contribution in [0.4, 0.5) is 0 Å². The Balaban J connectivity index is 1.39. The van der Waals surface area contributed by atoms with Crippen molar-refractivity contribution in [3.05, 3.63) is 36.2 Å². The summed E-state index contributed by atoms with van der Waals surface area (Å²) in [5.41, 5.74) is 0.972. The Kier molecular flexibility index (Phi) is 5.20. The molecule has 0 saturated carbocycles. The molecular weight excluding hydrogens is 378 g/mol. The Morgan fingerprint density at radius 3 is 2.50 bits per heavy atom. The summed E-state index contributed by atoms with van der Waals surface area (Å²) < 4.78 is 25.2. The summed E-state index contributed by atoms with van der Waals surface area (Å²) in [5, 5.41) is 7.37. The van der Waals surface area contributed by atoms with Crippen molar-refractivity contribution in [1.29, 1.82) is 0 Å². The Morgan fingerprint density at radius 1 is 1.11 bits per heavy atom. The van der Waals surface area contributed by atoms with Crippen molar-refractivity contribution in [2.45, 2.75) is 37.6 Å². The van der Waals surface area contributed by atoms with E-state index >= 15 is 0 Å². The zero-order chi connectivity index (χ0) is 19.7. The van der Waals surface area contributed by atoms with E-state index in [2.05, 4.69) is 15.2 Å². The number of benzene rings is 1. The second-order valence-corrected chi connectivity index (χ2v) is 9.48. The maximum Gasteiger partial charge on any atom is 0.241 e. The summed E-state index contributed by atoms with van der Waals surface area (Å²) in [5.74, 6) is 1.70. The van der Waals surface area contributed by atoms with Crippen LogP contribution in [-0.4, -0.2) is 70.6 Å². The molecule has 2 aliphatic heterocycles. The van der Waals surface area contributed by atoms with E-state index in [9.17, 15) is 13.2 Å². The SMILES string of the molecule is CS(=O)(=O)N1CCCC1C(=O)N1CCC(c2nc(-c3ccccc3)n[nH]2)CC1. The lowest BCUT2D eigenvalue weighted by molar-refractivity contribution is -0.135. The first-order valence-electron chi connectivity index (χ1n) is 9.67. The summed E-state index contributed by atoms with van der Waals surface area (Å²) in [6.45, 7) is 1.66. The molecule has 150 valence electrons. The number of aromatic nitrogens is 3. The van der Waals surface area contributed by atoms with E-state index < -0.39 is 16.1 Å². The maximum atomic E-state index is 12.9. The average Bonchev–Trinajstić information content (AvgIpc) is 3.38. The van der Waals surface area contributed by atoms with Gasteiger partial charge in [0.1, 0.15) is 11.9 Å². The summed E-state index contributed by atoms with van der Waals surface area (Å²) in [6, 6.07) is 9.28. The van der Waals surface area contributed by atoms with E-state index in [1.807, 2.05) is 30.3 Å². The Labute approximate surface area is 165 Å². The number of H-pyrrole nitrogens is 1. The second kappa shape index (κ2) is 7.63. The number of carbonyl (C=O) groups excluding carboxylic acids is 1. The highest BCUT2D eigenvalue weighted by molar-refractivity contribution is 7.88. The number of aromatic amines is 1. The first-order chi connectivity index (χ1) is 13.4. The van der Waals surface area contributed by atoms with Crippen molar-refractivity contribution in [3.8, 4) is 11.4 Å². The summed E-state index contributed by atoms with van der Waals surface area (Å²) in [4.78, 5) is 19.3. The average molecular weight is 404 g/mol. The zero-order valence-corrected chi connectivity index (χ0v) is 16.7. The third-order valence-electron chi connectivity index (χ3n) is 5.64. The molecule has 2 aliphatic rings. The molecule has 0 radical (unpaired) electrons. The fourth-order valence-electron chi connectivity index (χ4n) is 4.14. The highest BCUT2D eigenvalue weighted by Crippen LogP contribution is 2.29. The van der Waals surface area contributed by atoms with E-state index in [4.69, 9.17) is 0 Å². The number of likely N-dealkylation sites (tertiary alicyclic amines) is 1. The Bertz CT molecular complexity index is 935. The number of hydrogen-bond donors (Lipinski definition) is 1. The second-order valence-electron chi connectivity index (χ2n) is 7.54. The first kappa shape index (κ1) is 19.1. The molecule has 1 unspecified atom stereocenters. The highest BCUT2D eigenvalue weighted by Gasteiger charge is 2.39. The van der Waals surface area contributed by atoms with E-state index in [0.29, 0.717) is 31.9 Å². The number of carbonyl (C=O) groups is 1. The largest absolute Gasteiger partial charge is 0.341 e. The molecular formula is C19H25N5O3S. The van der Waals surface area contributed by atoms with Gasteiger partial charge in [0.25, 0.3) is 0 Å². The van der Waals surface area contributed by atoms with Crippen molar-refractivity contribution in [3.63, 3.8) is 0 Å². The molecule has 0 aliphatic carbocycles. The van der Waals surface area contributed by atoms with Crippen LogP contribution in [0.1, 0.15) is 37.4 Å². The van der Waals surface area contributed by atoms with Gasteiger partial charge in [0.05, 0.1) is 6.26 Å². The number of sulfonamides is 1. The molecule has 1 aromatic carbocycles. The smallest absolute Gasteiger partial charge is 0.241 e. The molecule has 8 nitrogen and oxygen atoms in total. The molecule has 28 heavy (non-hydrogen) atoms. The van der Waals surface area contributed by atoms with Gasteiger partial charge in [-0.2, -0.15) is 9.40 Å². The molecule has 2 saturated heterocycles. The van der Waals surface area contributed by atoms with Crippen molar-refractivity contribution in [2.75, 3.05) is 25.9 Å². The minimum atomic E-state index is -3.35. The topological polar surface area (TPSA) is 99.3 Å². The van der Waals surface area contributed by atoms with Gasteiger partial charge in [0.15, 0.2) is 5.82 Å². The molecule has 1 N–H and O–H groups in total. The molecule has 1 atom stereocenters. The van der Waals surface area contributed by atoms with Crippen LogP contribution >= 0.6 is 0 Å². The van der Waals surface area contributed by atoms with Crippen LogP contribution in [0.2, 0.25) is 0 Å². The van der Waals surface area contributed by atoms with E-state index in [1.165, 1.54) is 10.6 Å². The van der Waals surface area contributed by atoms with Crippen LogP contribution in [0.3, 0.4) is 0 Å². The van der Waals surface area contributed by atoms with E-state index in [1.54, 1.807) is 4.90 Å². The fraction of sp³-hybridized carbons (Fsp3) is 0.526. The monoisotopic (exact) mass is 403 g/mol. The third kappa shape index (κ3) is 3.81. The van der Waals surface area contributed by atoms with Gasteiger partial charge < -0.3 is 4.90 Å². The predicted octanol–water partition coefficient (Wildman–Crippen LogP) is 1.60. The third-order valence-corrected chi connectivity index (χ3v) is 6.93. The summed E-state index contributed by atoms with van der Waals surface area (Å²) >= 11 is 0. The maximum absolute atomic E-state index is 12.9. The number of piperidine rings is 1. The van der Waals surface area contributed by atoms with Crippen LogP contribution in [-0.2, 0) is 14.8 Å². The van der Waals surface area contributed by atoms with Crippen LogP contribution in [0.5, 0.6) is 0 Å². The van der Waals surface area contributed by atoms with E-state index in [0.717, 1.165) is 30.7 Å². The fourth-order valence-corrected chi connectivity index (χ4v) is 5.26. The van der Waals surface area contributed by atoms with Crippen molar-refractivity contribution >= 4 is 15.9 Å². The highest BCUT2D eigenvalue weighted by atomic mass is 32.2. The first-order valence-corrected chi connectivity index (χ1v) is 11.5. The van der Waals surface area contributed by atoms with Crippen molar-refractivity contribution in [1.82, 2.24) is 24.4 Å². The van der Waals surface area contributed by atoms with Gasteiger partial charge >= 0.3 is 0 Å². The van der Waals surface area contributed by atoms with Crippen LogP contribution in [0.25, 0.3) is 11.4 Å². The molecule has 2 fully saturated rings. The number of amides is 1. The van der Waals surface area contributed by atoms with Crippen LogP contribution < -0.4 is 0 Å². The molecule has 0 spiro atoms. The van der Waals surface area contributed by atoms with Gasteiger partial charge in [-0.3, -0.25) is 9.89 Å². The predicted molar refractivity (Wildman–Crippen MR) is 105 cm³/mol. The standard InChI is InChI=1S/C19H25N5O3S/c1-28(26,27)24-11-5-8-16(24)19(25)23-12-9-15(10-13-23)18-20-17(21-22-18)14-6-3-2-4-7-14/h2-4,6-7,15-16H,5,8-13H2,1H3,(H,20,21,22). The lowest BCUT2D eigenvalue weighted by atomic mass is 9.95. The number of hydrogen-bond acceptors (Lipinski definition) is 5. The lowest BCUT2D eigenvalue weighted by Gasteiger charge is -2.34. The molecule has 4 rings (SSSR count). The number of rotatable bonds is 4. The minimum absolute atomic E-state index is 0.0658. The van der Waals surface area contributed by atoms with Gasteiger partial charge in [-0.15, -0.1) is 0 Å². The quantitative estimate of drug-likeness (QED) is 0.836. The summed E-state index contributed by atoms with van der Waals surface area (Å²) in [6.07, 6.45) is 4.11. The molecule has 2 aromatic rings. The number of nitrogens with one attached hydrogen (secondary N) is 1. The van der Waals surface area contributed by atoms with Gasteiger partial charge in [-0.05, 0) is 25.7 Å². The minimum Gasteiger partial charge on any atom is -0.341 e. The zero-order valence-electron chi connectivity index (χ0n) is 15.9. The van der Waals surface area contributed by atoms with Gasteiger partial charge in [0.2, 0.25) is 15.9 Å².